The molecule has 1 heterocycles. The van der Waals surface area contributed by atoms with Crippen LogP contribution in [0.3, 0.4) is 0 Å². The first-order valence-electron chi connectivity index (χ1n) is 5.16. The van der Waals surface area contributed by atoms with Crippen molar-refractivity contribution in [2.75, 3.05) is 7.11 Å². The maximum absolute atomic E-state index is 13.3. The van der Waals surface area contributed by atoms with E-state index in [1.165, 1.54) is 19.2 Å². The van der Waals surface area contributed by atoms with Crippen LogP contribution in [0.5, 0.6) is 6.01 Å². The van der Waals surface area contributed by atoms with Crippen LogP contribution in [0.25, 0.3) is 0 Å². The van der Waals surface area contributed by atoms with Gasteiger partial charge in [0.1, 0.15) is 5.82 Å². The van der Waals surface area contributed by atoms with Crippen molar-refractivity contribution in [1.29, 1.82) is 0 Å². The highest BCUT2D eigenvalue weighted by molar-refractivity contribution is 7.99. The standard InChI is InChI=1S/C11H7ClFN3O3S/c1-19-10-14-9(12)15-11(16-10)20-5-2-3-7(13)6(4-5)8(17)18/h2-4H,1H3,(H,17,18). The second-order valence-corrected chi connectivity index (χ2v) is 4.80. The zero-order chi connectivity index (χ0) is 14.7. The summed E-state index contributed by atoms with van der Waals surface area (Å²) in [5.41, 5.74) is -0.429. The van der Waals surface area contributed by atoms with Crippen molar-refractivity contribution in [2.24, 2.45) is 0 Å². The van der Waals surface area contributed by atoms with Gasteiger partial charge in [0.2, 0.25) is 5.28 Å². The lowest BCUT2D eigenvalue weighted by atomic mass is 10.2. The Bertz CT molecular complexity index is 671. The van der Waals surface area contributed by atoms with E-state index in [2.05, 4.69) is 15.0 Å². The van der Waals surface area contributed by atoms with Crippen molar-refractivity contribution in [3.63, 3.8) is 0 Å². The van der Waals surface area contributed by atoms with Crippen molar-refractivity contribution in [2.45, 2.75) is 10.1 Å². The molecule has 0 amide bonds. The highest BCUT2D eigenvalue weighted by Gasteiger charge is 2.13. The molecule has 0 aliphatic carbocycles. The van der Waals surface area contributed by atoms with Crippen LogP contribution < -0.4 is 4.74 Å². The summed E-state index contributed by atoms with van der Waals surface area (Å²) >= 11 is 6.71. The van der Waals surface area contributed by atoms with Crippen molar-refractivity contribution in [3.8, 4) is 6.01 Å². The summed E-state index contributed by atoms with van der Waals surface area (Å²) in [5.74, 6) is -2.16. The lowest BCUT2D eigenvalue weighted by Crippen LogP contribution is -2.01. The number of halogens is 2. The molecule has 20 heavy (non-hydrogen) atoms. The molecule has 0 aliphatic rings. The summed E-state index contributed by atoms with van der Waals surface area (Å²) in [4.78, 5) is 22.8. The van der Waals surface area contributed by atoms with Gasteiger partial charge in [-0.25, -0.2) is 9.18 Å². The molecule has 1 N–H and O–H groups in total. The summed E-state index contributed by atoms with van der Waals surface area (Å²) < 4.78 is 18.1. The van der Waals surface area contributed by atoms with Crippen LogP contribution in [0, 0.1) is 5.82 Å². The minimum Gasteiger partial charge on any atom is -0.478 e. The summed E-state index contributed by atoms with van der Waals surface area (Å²) in [6.45, 7) is 0. The smallest absolute Gasteiger partial charge is 0.338 e. The number of rotatable bonds is 4. The van der Waals surface area contributed by atoms with Gasteiger partial charge in [-0.1, -0.05) is 0 Å². The fraction of sp³-hybridized carbons (Fsp3) is 0.0909. The third-order valence-electron chi connectivity index (χ3n) is 2.13. The third kappa shape index (κ3) is 3.34. The second kappa shape index (κ2) is 6.02. The van der Waals surface area contributed by atoms with Crippen LogP contribution in [0.1, 0.15) is 10.4 Å². The van der Waals surface area contributed by atoms with E-state index in [9.17, 15) is 9.18 Å². The lowest BCUT2D eigenvalue weighted by Gasteiger charge is -2.04. The van der Waals surface area contributed by atoms with Gasteiger partial charge in [0.25, 0.3) is 0 Å². The van der Waals surface area contributed by atoms with Gasteiger partial charge >= 0.3 is 12.0 Å². The number of aromatic nitrogens is 3. The maximum atomic E-state index is 13.3. The molecule has 0 atom stereocenters. The highest BCUT2D eigenvalue weighted by atomic mass is 35.5. The average Bonchev–Trinajstić information content (AvgIpc) is 2.40. The molecule has 0 bridgehead atoms. The molecule has 1 aromatic carbocycles. The molecule has 2 rings (SSSR count). The molecule has 1 aromatic heterocycles. The summed E-state index contributed by atoms with van der Waals surface area (Å²) in [7, 11) is 1.38. The number of hydrogen-bond donors (Lipinski definition) is 1. The number of carboxylic acids is 1. The number of methoxy groups -OCH3 is 1. The molecule has 9 heteroatoms. The Morgan fingerprint density at radius 2 is 2.15 bits per heavy atom. The van der Waals surface area contributed by atoms with E-state index in [1.807, 2.05) is 0 Å². The van der Waals surface area contributed by atoms with Gasteiger partial charge in [-0.2, -0.15) is 15.0 Å². The number of carboxylic acid groups (broad SMARTS) is 1. The molecule has 104 valence electrons. The van der Waals surface area contributed by atoms with Crippen molar-refractivity contribution < 1.29 is 19.0 Å². The van der Waals surface area contributed by atoms with Gasteiger partial charge in [0, 0.05) is 4.90 Å². The quantitative estimate of drug-likeness (QED) is 0.927. The predicted molar refractivity (Wildman–Crippen MR) is 68.9 cm³/mol. The fourth-order valence-corrected chi connectivity index (χ4v) is 2.27. The molecule has 6 nitrogen and oxygen atoms in total. The molecular formula is C11H7ClFN3O3S. The Kier molecular flexibility index (Phi) is 4.35. The fourth-order valence-electron chi connectivity index (χ4n) is 1.29. The van der Waals surface area contributed by atoms with Crippen LogP contribution in [0.4, 0.5) is 4.39 Å². The lowest BCUT2D eigenvalue weighted by molar-refractivity contribution is 0.0691. The van der Waals surface area contributed by atoms with Gasteiger partial charge in [0.05, 0.1) is 12.7 Å². The number of aromatic carboxylic acids is 1. The van der Waals surface area contributed by atoms with Gasteiger partial charge in [-0.3, -0.25) is 0 Å². The first-order valence-corrected chi connectivity index (χ1v) is 6.35. The van der Waals surface area contributed by atoms with Gasteiger partial charge in [0.15, 0.2) is 5.16 Å². The van der Waals surface area contributed by atoms with E-state index in [4.69, 9.17) is 21.4 Å². The number of hydrogen-bond acceptors (Lipinski definition) is 6. The molecule has 2 aromatic rings. The molecule has 0 saturated heterocycles. The molecule has 0 spiro atoms. The van der Waals surface area contributed by atoms with E-state index < -0.39 is 17.3 Å². The minimum absolute atomic E-state index is 0.0352. The maximum Gasteiger partial charge on any atom is 0.338 e. The third-order valence-corrected chi connectivity index (χ3v) is 3.15. The van der Waals surface area contributed by atoms with Crippen LogP contribution in [-0.2, 0) is 0 Å². The summed E-state index contributed by atoms with van der Waals surface area (Å²) in [5, 5.41) is 9.01. The number of nitrogens with zero attached hydrogens (tertiary/aromatic N) is 3. The van der Waals surface area contributed by atoms with Crippen molar-refractivity contribution >= 4 is 29.3 Å². The first kappa shape index (κ1) is 14.5. The summed E-state index contributed by atoms with van der Waals surface area (Å²) in [6.07, 6.45) is 0. The Morgan fingerprint density at radius 3 is 2.80 bits per heavy atom. The topological polar surface area (TPSA) is 85.2 Å². The second-order valence-electron chi connectivity index (χ2n) is 3.42. The van der Waals surface area contributed by atoms with Crippen LogP contribution in [-0.4, -0.2) is 33.1 Å². The van der Waals surface area contributed by atoms with E-state index in [0.717, 1.165) is 17.8 Å². The first-order chi connectivity index (χ1) is 9.49. The van der Waals surface area contributed by atoms with E-state index in [-0.39, 0.29) is 16.5 Å². The molecule has 0 radical (unpaired) electrons. The number of carbonyl (C=O) groups is 1. The predicted octanol–water partition coefficient (Wildman–Crippen LogP) is 2.52. The Morgan fingerprint density at radius 1 is 1.40 bits per heavy atom. The van der Waals surface area contributed by atoms with Gasteiger partial charge in [-0.15, -0.1) is 0 Å². The van der Waals surface area contributed by atoms with E-state index >= 15 is 0 Å². The number of ether oxygens (including phenoxy) is 1. The van der Waals surface area contributed by atoms with Crippen molar-refractivity contribution in [1.82, 2.24) is 15.0 Å². The minimum atomic E-state index is -1.35. The molecule has 0 saturated carbocycles. The molecule has 0 aliphatic heterocycles. The Hall–Kier alpha value is -1.93. The number of benzene rings is 1. The highest BCUT2D eigenvalue weighted by Crippen LogP contribution is 2.27. The largest absolute Gasteiger partial charge is 0.478 e. The summed E-state index contributed by atoms with van der Waals surface area (Å²) in [6, 6.07) is 3.70. The van der Waals surface area contributed by atoms with E-state index in [0.29, 0.717) is 4.90 Å². The monoisotopic (exact) mass is 315 g/mol. The Balaban J connectivity index is 2.32. The van der Waals surface area contributed by atoms with Crippen molar-refractivity contribution in [3.05, 3.63) is 34.9 Å². The average molecular weight is 316 g/mol. The van der Waals surface area contributed by atoms with E-state index in [1.54, 1.807) is 0 Å². The SMILES string of the molecule is COc1nc(Cl)nc(Sc2ccc(F)c(C(=O)O)c2)n1. The molecule has 0 fully saturated rings. The molecular weight excluding hydrogens is 309 g/mol. The van der Waals surface area contributed by atoms with Crippen LogP contribution in [0.15, 0.2) is 28.3 Å². The zero-order valence-corrected chi connectivity index (χ0v) is 11.6. The van der Waals surface area contributed by atoms with Gasteiger partial charge < -0.3 is 9.84 Å². The van der Waals surface area contributed by atoms with Crippen LogP contribution in [0.2, 0.25) is 5.28 Å². The van der Waals surface area contributed by atoms with Crippen LogP contribution >= 0.6 is 23.4 Å². The van der Waals surface area contributed by atoms with Gasteiger partial charge in [-0.05, 0) is 41.6 Å². The molecule has 0 unspecified atom stereocenters. The Labute approximate surface area is 122 Å². The normalized spacial score (nSPS) is 10.3. The zero-order valence-electron chi connectivity index (χ0n) is 10.0.